The number of benzene rings is 1. The van der Waals surface area contributed by atoms with Crippen LogP contribution in [-0.2, 0) is 22.8 Å². The summed E-state index contributed by atoms with van der Waals surface area (Å²) in [6.45, 7) is 5.17. The molecule has 0 fully saturated rings. The second-order valence-electron chi connectivity index (χ2n) is 6.16. The quantitative estimate of drug-likeness (QED) is 0.743. The maximum absolute atomic E-state index is 13.2. The fourth-order valence-corrected chi connectivity index (χ4v) is 5.16. The van der Waals surface area contributed by atoms with Crippen LogP contribution < -0.4 is 5.32 Å². The van der Waals surface area contributed by atoms with E-state index in [-0.39, 0.29) is 9.79 Å². The molecule has 1 aliphatic rings. The minimum atomic E-state index is -3.76. The summed E-state index contributed by atoms with van der Waals surface area (Å²) in [6, 6.07) is 6.27. The number of nitrogens with zero attached hydrogens (tertiary/aromatic N) is 3. The van der Waals surface area contributed by atoms with E-state index in [2.05, 4.69) is 15.4 Å². The van der Waals surface area contributed by atoms with Crippen LogP contribution in [0.25, 0.3) is 5.65 Å². The third-order valence-corrected chi connectivity index (χ3v) is 6.64. The number of hydrogen-bond acceptors (Lipinski definition) is 5. The van der Waals surface area contributed by atoms with E-state index >= 15 is 0 Å². The van der Waals surface area contributed by atoms with Crippen molar-refractivity contribution < 1.29 is 8.42 Å². The van der Waals surface area contributed by atoms with Crippen molar-refractivity contribution in [2.24, 2.45) is 0 Å². The Balaban J connectivity index is 2.03. The minimum Gasteiger partial charge on any atom is -0.312 e. The van der Waals surface area contributed by atoms with E-state index in [9.17, 15) is 8.42 Å². The van der Waals surface area contributed by atoms with Gasteiger partial charge in [-0.1, -0.05) is 17.7 Å². The van der Waals surface area contributed by atoms with E-state index in [1.165, 1.54) is 6.07 Å². The number of aromatic nitrogens is 3. The lowest BCUT2D eigenvalue weighted by Gasteiger charge is -2.19. The van der Waals surface area contributed by atoms with Gasteiger partial charge in [0.05, 0.1) is 16.3 Å². The van der Waals surface area contributed by atoms with Gasteiger partial charge in [-0.2, -0.15) is 5.10 Å². The third kappa shape index (κ3) is 2.54. The van der Waals surface area contributed by atoms with E-state index < -0.39 is 9.84 Å². The highest BCUT2D eigenvalue weighted by atomic mass is 35.5. The highest BCUT2D eigenvalue weighted by molar-refractivity contribution is 7.91. The van der Waals surface area contributed by atoms with Crippen LogP contribution in [-0.4, -0.2) is 29.6 Å². The molecule has 1 aliphatic heterocycles. The number of hydrogen-bond donors (Lipinski definition) is 1. The monoisotopic (exact) mass is 376 g/mol. The highest BCUT2D eigenvalue weighted by Gasteiger charge is 2.29. The number of nitrogens with one attached hydrogen (secondary N) is 1. The smallest absolute Gasteiger partial charge is 0.212 e. The fraction of sp³-hybridized carbons (Fsp3) is 0.294. The van der Waals surface area contributed by atoms with Crippen molar-refractivity contribution in [1.29, 1.82) is 0 Å². The second kappa shape index (κ2) is 5.79. The van der Waals surface area contributed by atoms with Crippen molar-refractivity contribution in [1.82, 2.24) is 19.9 Å². The van der Waals surface area contributed by atoms with Crippen LogP contribution in [0.1, 0.15) is 22.6 Å². The van der Waals surface area contributed by atoms with Crippen LogP contribution in [0.15, 0.2) is 34.1 Å². The number of rotatable bonds is 2. The zero-order chi connectivity index (χ0) is 17.8. The summed E-state index contributed by atoms with van der Waals surface area (Å²) in [7, 11) is -3.76. The number of fused-ring (bicyclic) bond motifs is 3. The molecule has 6 nitrogen and oxygen atoms in total. The van der Waals surface area contributed by atoms with Crippen LogP contribution in [0, 0.1) is 13.8 Å². The standard InChI is InChI=1S/C17H17ClN4O2S/c1-10-14-9-19-7-6-15(14)22-17(20-10)16(11(2)21-22)25(23,24)13-5-3-4-12(18)8-13/h3-5,8,19H,6-7,9H2,1-2H3. The number of sulfone groups is 1. The van der Waals surface area contributed by atoms with Gasteiger partial charge in [0.2, 0.25) is 9.84 Å². The number of halogens is 1. The third-order valence-electron chi connectivity index (χ3n) is 4.51. The van der Waals surface area contributed by atoms with E-state index in [0.717, 1.165) is 36.5 Å². The van der Waals surface area contributed by atoms with E-state index in [0.29, 0.717) is 16.4 Å². The van der Waals surface area contributed by atoms with Gasteiger partial charge >= 0.3 is 0 Å². The molecule has 0 saturated carbocycles. The molecule has 0 aliphatic carbocycles. The first kappa shape index (κ1) is 16.5. The van der Waals surface area contributed by atoms with Gasteiger partial charge in [0.25, 0.3) is 0 Å². The molecule has 4 rings (SSSR count). The van der Waals surface area contributed by atoms with Gasteiger partial charge in [-0.05, 0) is 32.0 Å². The van der Waals surface area contributed by atoms with Gasteiger partial charge in [-0.15, -0.1) is 0 Å². The molecule has 0 unspecified atom stereocenters. The Morgan fingerprint density at radius 1 is 1.24 bits per heavy atom. The molecular weight excluding hydrogens is 360 g/mol. The highest BCUT2D eigenvalue weighted by Crippen LogP contribution is 2.30. The summed E-state index contributed by atoms with van der Waals surface area (Å²) in [5.41, 5.74) is 3.77. The maximum Gasteiger partial charge on any atom is 0.212 e. The molecule has 1 N–H and O–H groups in total. The van der Waals surface area contributed by atoms with Crippen molar-refractivity contribution in [3.05, 3.63) is 51.9 Å². The average Bonchev–Trinajstić information content (AvgIpc) is 2.92. The number of aryl methyl sites for hydroxylation is 2. The van der Waals surface area contributed by atoms with Gasteiger partial charge in [-0.25, -0.2) is 17.9 Å². The van der Waals surface area contributed by atoms with Gasteiger partial charge < -0.3 is 5.32 Å². The lowest BCUT2D eigenvalue weighted by Crippen LogP contribution is -2.27. The van der Waals surface area contributed by atoms with E-state index in [1.54, 1.807) is 29.6 Å². The van der Waals surface area contributed by atoms with Gasteiger partial charge in [0.15, 0.2) is 5.65 Å². The van der Waals surface area contributed by atoms with Crippen LogP contribution in [0.3, 0.4) is 0 Å². The van der Waals surface area contributed by atoms with Gasteiger partial charge in [-0.3, -0.25) is 0 Å². The summed E-state index contributed by atoms with van der Waals surface area (Å²) < 4.78 is 28.1. The molecule has 0 radical (unpaired) electrons. The molecule has 25 heavy (non-hydrogen) atoms. The molecule has 0 amide bonds. The Morgan fingerprint density at radius 2 is 2.04 bits per heavy atom. The van der Waals surface area contributed by atoms with Crippen molar-refractivity contribution in [3.8, 4) is 0 Å². The zero-order valence-electron chi connectivity index (χ0n) is 13.9. The Bertz CT molecular complexity index is 1110. The Kier molecular flexibility index (Phi) is 3.82. The fourth-order valence-electron chi connectivity index (χ4n) is 3.32. The molecule has 3 aromatic rings. The van der Waals surface area contributed by atoms with Crippen molar-refractivity contribution in [2.75, 3.05) is 6.54 Å². The predicted octanol–water partition coefficient (Wildman–Crippen LogP) is 2.48. The summed E-state index contributed by atoms with van der Waals surface area (Å²) in [6.07, 6.45) is 0.785. The SMILES string of the molecule is Cc1nc2c(S(=O)(=O)c3cccc(Cl)c3)c(C)nn2c2c1CNCC2. The van der Waals surface area contributed by atoms with Crippen LogP contribution in [0.2, 0.25) is 5.02 Å². The molecule has 0 saturated heterocycles. The molecule has 0 spiro atoms. The molecule has 8 heteroatoms. The molecular formula is C17H17ClN4O2S. The van der Waals surface area contributed by atoms with Gasteiger partial charge in [0.1, 0.15) is 4.90 Å². The molecule has 130 valence electrons. The predicted molar refractivity (Wildman–Crippen MR) is 94.8 cm³/mol. The Labute approximate surface area is 150 Å². The van der Waals surface area contributed by atoms with Crippen molar-refractivity contribution in [2.45, 2.75) is 36.6 Å². The largest absolute Gasteiger partial charge is 0.312 e. The first-order valence-corrected chi connectivity index (χ1v) is 9.85. The molecule has 3 heterocycles. The summed E-state index contributed by atoms with van der Waals surface area (Å²) >= 11 is 5.98. The molecule has 1 aromatic carbocycles. The summed E-state index contributed by atoms with van der Waals surface area (Å²) in [5, 5.41) is 8.19. The maximum atomic E-state index is 13.2. The van der Waals surface area contributed by atoms with Crippen LogP contribution in [0.5, 0.6) is 0 Å². The summed E-state index contributed by atoms with van der Waals surface area (Å²) in [4.78, 5) is 4.87. The lowest BCUT2D eigenvalue weighted by molar-refractivity contribution is 0.595. The van der Waals surface area contributed by atoms with Crippen LogP contribution in [0.4, 0.5) is 0 Å². The van der Waals surface area contributed by atoms with E-state index in [4.69, 9.17) is 11.6 Å². The Hall–Kier alpha value is -1.96. The van der Waals surface area contributed by atoms with Crippen LogP contribution >= 0.6 is 11.6 Å². The topological polar surface area (TPSA) is 76.4 Å². The zero-order valence-corrected chi connectivity index (χ0v) is 15.4. The lowest BCUT2D eigenvalue weighted by atomic mass is 10.1. The first-order chi connectivity index (χ1) is 11.9. The normalized spacial score (nSPS) is 14.7. The van der Waals surface area contributed by atoms with Crippen molar-refractivity contribution >= 4 is 27.1 Å². The average molecular weight is 377 g/mol. The Morgan fingerprint density at radius 3 is 2.80 bits per heavy atom. The molecule has 0 atom stereocenters. The minimum absolute atomic E-state index is 0.150. The first-order valence-electron chi connectivity index (χ1n) is 7.98. The molecule has 2 aromatic heterocycles. The van der Waals surface area contributed by atoms with E-state index in [1.807, 2.05) is 6.92 Å². The summed E-state index contributed by atoms with van der Waals surface area (Å²) in [5.74, 6) is 0. The molecule has 0 bridgehead atoms. The van der Waals surface area contributed by atoms with Crippen molar-refractivity contribution in [3.63, 3.8) is 0 Å². The van der Waals surface area contributed by atoms with Gasteiger partial charge in [0, 0.05) is 35.8 Å². The second-order valence-corrected chi connectivity index (χ2v) is 8.48.